The predicted octanol–water partition coefficient (Wildman–Crippen LogP) is 4.04. The number of carbonyl (C=O) groups is 1. The summed E-state index contributed by atoms with van der Waals surface area (Å²) in [4.78, 5) is 11.6. The van der Waals surface area contributed by atoms with Crippen LogP contribution in [0.4, 0.5) is 0 Å². The third-order valence-electron chi connectivity index (χ3n) is 1.77. The number of hydrogen-bond donors (Lipinski definition) is 0. The molecule has 76 valence electrons. The Kier molecular flexibility index (Phi) is 4.99. The Morgan fingerprint density at radius 3 is 2.86 bits per heavy atom. The molecule has 0 aliphatic heterocycles. The van der Waals surface area contributed by atoms with Crippen LogP contribution in [-0.4, -0.2) is 17.8 Å². The standard InChI is InChI=1S/C10H10BrClOS/c1-14-5-4-10(13)7-2-3-9(12)8(11)6-7/h2-3,6H,4-5H2,1H3. The average molecular weight is 294 g/mol. The molecule has 0 unspecified atom stereocenters. The first-order chi connectivity index (χ1) is 6.65. The monoisotopic (exact) mass is 292 g/mol. The highest BCUT2D eigenvalue weighted by Crippen LogP contribution is 2.23. The molecule has 0 saturated carbocycles. The van der Waals surface area contributed by atoms with Crippen molar-refractivity contribution < 1.29 is 4.79 Å². The average Bonchev–Trinajstić information content (AvgIpc) is 2.18. The number of rotatable bonds is 4. The fourth-order valence-electron chi connectivity index (χ4n) is 1.01. The first-order valence-corrected chi connectivity index (χ1v) is 6.69. The number of benzene rings is 1. The summed E-state index contributed by atoms with van der Waals surface area (Å²) >= 11 is 10.8. The largest absolute Gasteiger partial charge is 0.294 e. The predicted molar refractivity (Wildman–Crippen MR) is 66.5 cm³/mol. The van der Waals surface area contributed by atoms with E-state index in [2.05, 4.69) is 15.9 Å². The molecule has 0 saturated heterocycles. The van der Waals surface area contributed by atoms with Gasteiger partial charge in [-0.3, -0.25) is 4.79 Å². The number of Topliss-reactive ketones (excluding diaryl/α,β-unsaturated/α-hetero) is 1. The van der Waals surface area contributed by atoms with Crippen molar-refractivity contribution in [1.82, 2.24) is 0 Å². The van der Waals surface area contributed by atoms with Crippen molar-refractivity contribution >= 4 is 45.1 Å². The van der Waals surface area contributed by atoms with Crippen molar-refractivity contribution in [2.24, 2.45) is 0 Å². The van der Waals surface area contributed by atoms with Crippen LogP contribution >= 0.6 is 39.3 Å². The minimum absolute atomic E-state index is 0.164. The maximum absolute atomic E-state index is 11.6. The highest BCUT2D eigenvalue weighted by atomic mass is 79.9. The van der Waals surface area contributed by atoms with E-state index in [1.807, 2.05) is 6.26 Å². The molecule has 1 aromatic carbocycles. The summed E-state index contributed by atoms with van der Waals surface area (Å²) in [5, 5.41) is 0.631. The molecule has 14 heavy (non-hydrogen) atoms. The van der Waals surface area contributed by atoms with Crippen molar-refractivity contribution in [1.29, 1.82) is 0 Å². The second-order valence-electron chi connectivity index (χ2n) is 2.79. The third kappa shape index (κ3) is 3.30. The lowest BCUT2D eigenvalue weighted by molar-refractivity contribution is 0.0989. The quantitative estimate of drug-likeness (QED) is 0.779. The van der Waals surface area contributed by atoms with E-state index in [9.17, 15) is 4.79 Å². The Labute approximate surface area is 101 Å². The van der Waals surface area contributed by atoms with E-state index in [4.69, 9.17) is 11.6 Å². The summed E-state index contributed by atoms with van der Waals surface area (Å²) in [6, 6.07) is 5.26. The number of halogens is 2. The number of ketones is 1. The lowest BCUT2D eigenvalue weighted by Crippen LogP contribution is -2.00. The smallest absolute Gasteiger partial charge is 0.163 e. The van der Waals surface area contributed by atoms with E-state index in [0.29, 0.717) is 11.4 Å². The SMILES string of the molecule is CSCCC(=O)c1ccc(Cl)c(Br)c1. The minimum Gasteiger partial charge on any atom is -0.294 e. The van der Waals surface area contributed by atoms with Crippen molar-refractivity contribution in [2.45, 2.75) is 6.42 Å². The summed E-state index contributed by atoms with van der Waals surface area (Å²) in [5.74, 6) is 1.02. The Bertz CT molecular complexity index is 341. The molecule has 0 atom stereocenters. The van der Waals surface area contributed by atoms with E-state index in [0.717, 1.165) is 15.8 Å². The van der Waals surface area contributed by atoms with Crippen LogP contribution in [-0.2, 0) is 0 Å². The van der Waals surface area contributed by atoms with E-state index in [1.165, 1.54) is 0 Å². The van der Waals surface area contributed by atoms with Gasteiger partial charge < -0.3 is 0 Å². The van der Waals surface area contributed by atoms with E-state index >= 15 is 0 Å². The maximum Gasteiger partial charge on any atom is 0.163 e. The van der Waals surface area contributed by atoms with E-state index in [1.54, 1.807) is 30.0 Å². The molecule has 1 rings (SSSR count). The zero-order chi connectivity index (χ0) is 10.6. The van der Waals surface area contributed by atoms with E-state index in [-0.39, 0.29) is 5.78 Å². The van der Waals surface area contributed by atoms with Crippen LogP contribution in [0.1, 0.15) is 16.8 Å². The molecule has 0 N–H and O–H groups in total. The van der Waals surface area contributed by atoms with Crippen LogP contribution in [0.25, 0.3) is 0 Å². The Morgan fingerprint density at radius 1 is 1.57 bits per heavy atom. The fraction of sp³-hybridized carbons (Fsp3) is 0.300. The summed E-state index contributed by atoms with van der Waals surface area (Å²) in [6.45, 7) is 0. The second-order valence-corrected chi connectivity index (χ2v) is 5.04. The molecular formula is C10H10BrClOS. The van der Waals surface area contributed by atoms with Gasteiger partial charge in [0.15, 0.2) is 5.78 Å². The van der Waals surface area contributed by atoms with Crippen LogP contribution in [0.15, 0.2) is 22.7 Å². The molecule has 1 nitrogen and oxygen atoms in total. The van der Waals surface area contributed by atoms with Gasteiger partial charge in [0.2, 0.25) is 0 Å². The number of carbonyl (C=O) groups excluding carboxylic acids is 1. The van der Waals surface area contributed by atoms with Crippen LogP contribution in [0.5, 0.6) is 0 Å². The van der Waals surface area contributed by atoms with Crippen LogP contribution in [0.3, 0.4) is 0 Å². The molecule has 4 heteroatoms. The van der Waals surface area contributed by atoms with E-state index < -0.39 is 0 Å². The van der Waals surface area contributed by atoms with Gasteiger partial charge in [-0.2, -0.15) is 11.8 Å². The Hall–Kier alpha value is 0.01000. The second kappa shape index (κ2) is 5.79. The molecule has 1 aromatic rings. The molecule has 0 fully saturated rings. The first kappa shape index (κ1) is 12.1. The maximum atomic E-state index is 11.6. The topological polar surface area (TPSA) is 17.1 Å². The normalized spacial score (nSPS) is 10.2. The van der Waals surface area contributed by atoms with Crippen molar-refractivity contribution in [2.75, 3.05) is 12.0 Å². The molecule has 0 aliphatic rings. The highest BCUT2D eigenvalue weighted by Gasteiger charge is 2.06. The van der Waals surface area contributed by atoms with Crippen molar-refractivity contribution in [3.8, 4) is 0 Å². The zero-order valence-electron chi connectivity index (χ0n) is 7.72. The Balaban J connectivity index is 2.76. The molecular weight excluding hydrogens is 284 g/mol. The number of hydrogen-bond acceptors (Lipinski definition) is 2. The van der Waals surface area contributed by atoms with Gasteiger partial charge in [0.1, 0.15) is 0 Å². The lowest BCUT2D eigenvalue weighted by atomic mass is 10.1. The van der Waals surface area contributed by atoms with Gasteiger partial charge in [-0.25, -0.2) is 0 Å². The Morgan fingerprint density at radius 2 is 2.29 bits per heavy atom. The lowest BCUT2D eigenvalue weighted by Gasteiger charge is -2.01. The molecule has 0 radical (unpaired) electrons. The summed E-state index contributed by atoms with van der Waals surface area (Å²) in [7, 11) is 0. The zero-order valence-corrected chi connectivity index (χ0v) is 10.9. The van der Waals surface area contributed by atoms with Gasteiger partial charge in [-0.05, 0) is 40.4 Å². The van der Waals surface area contributed by atoms with Gasteiger partial charge >= 0.3 is 0 Å². The summed E-state index contributed by atoms with van der Waals surface area (Å²) < 4.78 is 0.772. The third-order valence-corrected chi connectivity index (χ3v) is 3.60. The molecule has 0 heterocycles. The van der Waals surface area contributed by atoms with Crippen molar-refractivity contribution in [3.05, 3.63) is 33.3 Å². The highest BCUT2D eigenvalue weighted by molar-refractivity contribution is 9.10. The molecule has 0 aromatic heterocycles. The van der Waals surface area contributed by atoms with Gasteiger partial charge in [0.05, 0.1) is 5.02 Å². The van der Waals surface area contributed by atoms with Gasteiger partial charge in [-0.1, -0.05) is 11.6 Å². The van der Waals surface area contributed by atoms with Crippen LogP contribution < -0.4 is 0 Å². The van der Waals surface area contributed by atoms with Gasteiger partial charge in [-0.15, -0.1) is 0 Å². The van der Waals surface area contributed by atoms with Crippen LogP contribution in [0.2, 0.25) is 5.02 Å². The summed E-state index contributed by atoms with van der Waals surface area (Å²) in [6.07, 6.45) is 2.57. The minimum atomic E-state index is 0.164. The van der Waals surface area contributed by atoms with Crippen molar-refractivity contribution in [3.63, 3.8) is 0 Å². The molecule has 0 amide bonds. The van der Waals surface area contributed by atoms with Gasteiger partial charge in [0, 0.05) is 22.2 Å². The van der Waals surface area contributed by atoms with Crippen LogP contribution in [0, 0.1) is 0 Å². The first-order valence-electron chi connectivity index (χ1n) is 4.12. The fourth-order valence-corrected chi connectivity index (χ4v) is 1.89. The summed E-state index contributed by atoms with van der Waals surface area (Å²) in [5.41, 5.74) is 0.718. The number of thioether (sulfide) groups is 1. The molecule has 0 bridgehead atoms. The molecule has 0 aliphatic carbocycles. The van der Waals surface area contributed by atoms with Gasteiger partial charge in [0.25, 0.3) is 0 Å². The molecule has 0 spiro atoms.